The largest absolute Gasteiger partial charge is 0.497 e. The van der Waals surface area contributed by atoms with Crippen molar-refractivity contribution in [3.8, 4) is 17.2 Å². The Bertz CT molecular complexity index is 684. The average molecular weight is 331 g/mol. The second-order valence-electron chi connectivity index (χ2n) is 5.26. The van der Waals surface area contributed by atoms with Crippen LogP contribution in [0.4, 0.5) is 0 Å². The first-order valence-electron chi connectivity index (χ1n) is 7.44. The van der Waals surface area contributed by atoms with E-state index in [2.05, 4.69) is 0 Å². The molecule has 0 aliphatic carbocycles. The van der Waals surface area contributed by atoms with Crippen molar-refractivity contribution in [2.24, 2.45) is 5.73 Å². The van der Waals surface area contributed by atoms with Gasteiger partial charge in [0.1, 0.15) is 29.9 Å². The molecule has 0 aliphatic rings. The smallest absolute Gasteiger partial charge is 0.320 e. The molecular weight excluding hydrogens is 310 g/mol. The number of carbonyl (C=O) groups is 1. The van der Waals surface area contributed by atoms with Crippen LogP contribution in [0.15, 0.2) is 42.5 Å². The van der Waals surface area contributed by atoms with E-state index in [-0.39, 0.29) is 6.42 Å². The summed E-state index contributed by atoms with van der Waals surface area (Å²) in [6.07, 6.45) is 0.245. The standard InChI is InChI=1S/C18H21NO5/c1-22-14-4-6-15(7-5-14)24-11-13-9-12(3-8-17(13)23-2)10-16(19)18(20)21/h3-9,16H,10-11,19H2,1-2H3,(H,20,21). The molecule has 0 fully saturated rings. The predicted octanol–water partition coefficient (Wildman–Crippen LogP) is 2.24. The Kier molecular flexibility index (Phi) is 6.03. The molecule has 0 radical (unpaired) electrons. The first kappa shape index (κ1) is 17.6. The quantitative estimate of drug-likeness (QED) is 0.771. The summed E-state index contributed by atoms with van der Waals surface area (Å²) >= 11 is 0. The Morgan fingerprint density at radius 3 is 2.33 bits per heavy atom. The van der Waals surface area contributed by atoms with Crippen molar-refractivity contribution in [3.05, 3.63) is 53.6 Å². The van der Waals surface area contributed by atoms with E-state index >= 15 is 0 Å². The van der Waals surface area contributed by atoms with Crippen molar-refractivity contribution in [1.82, 2.24) is 0 Å². The lowest BCUT2D eigenvalue weighted by Crippen LogP contribution is -2.32. The van der Waals surface area contributed by atoms with E-state index in [0.29, 0.717) is 18.1 Å². The molecule has 0 heterocycles. The predicted molar refractivity (Wildman–Crippen MR) is 89.6 cm³/mol. The second-order valence-corrected chi connectivity index (χ2v) is 5.26. The van der Waals surface area contributed by atoms with Crippen LogP contribution in [0.1, 0.15) is 11.1 Å². The van der Waals surface area contributed by atoms with Crippen LogP contribution in [0.3, 0.4) is 0 Å². The van der Waals surface area contributed by atoms with E-state index in [1.165, 1.54) is 0 Å². The van der Waals surface area contributed by atoms with Gasteiger partial charge in [-0.25, -0.2) is 0 Å². The van der Waals surface area contributed by atoms with Crippen LogP contribution in [-0.2, 0) is 17.8 Å². The minimum Gasteiger partial charge on any atom is -0.497 e. The Morgan fingerprint density at radius 1 is 1.08 bits per heavy atom. The van der Waals surface area contributed by atoms with Gasteiger partial charge in [-0.05, 0) is 48.4 Å². The van der Waals surface area contributed by atoms with Gasteiger partial charge in [0.25, 0.3) is 0 Å². The molecule has 24 heavy (non-hydrogen) atoms. The lowest BCUT2D eigenvalue weighted by Gasteiger charge is -2.13. The number of benzene rings is 2. The Labute approximate surface area is 140 Å². The lowest BCUT2D eigenvalue weighted by molar-refractivity contribution is -0.138. The van der Waals surface area contributed by atoms with Crippen LogP contribution in [0.2, 0.25) is 0 Å². The van der Waals surface area contributed by atoms with Gasteiger partial charge in [0.15, 0.2) is 0 Å². The first-order chi connectivity index (χ1) is 11.5. The van der Waals surface area contributed by atoms with E-state index in [0.717, 1.165) is 16.9 Å². The molecule has 6 heteroatoms. The summed E-state index contributed by atoms with van der Waals surface area (Å²) in [5, 5.41) is 8.92. The minimum absolute atomic E-state index is 0.245. The maximum Gasteiger partial charge on any atom is 0.320 e. The van der Waals surface area contributed by atoms with Crippen LogP contribution in [0, 0.1) is 0 Å². The van der Waals surface area contributed by atoms with Crippen molar-refractivity contribution in [3.63, 3.8) is 0 Å². The van der Waals surface area contributed by atoms with Gasteiger partial charge >= 0.3 is 5.97 Å². The van der Waals surface area contributed by atoms with Crippen LogP contribution >= 0.6 is 0 Å². The highest BCUT2D eigenvalue weighted by Gasteiger charge is 2.14. The van der Waals surface area contributed by atoms with E-state index in [4.69, 9.17) is 25.1 Å². The van der Waals surface area contributed by atoms with Crippen molar-refractivity contribution in [2.75, 3.05) is 14.2 Å². The van der Waals surface area contributed by atoms with E-state index in [1.807, 2.05) is 30.3 Å². The Morgan fingerprint density at radius 2 is 1.75 bits per heavy atom. The molecular formula is C18H21NO5. The normalized spacial score (nSPS) is 11.6. The summed E-state index contributed by atoms with van der Waals surface area (Å²) in [5.41, 5.74) is 7.23. The van der Waals surface area contributed by atoms with Crippen molar-refractivity contribution in [2.45, 2.75) is 19.1 Å². The maximum atomic E-state index is 10.9. The molecule has 0 aromatic heterocycles. The summed E-state index contributed by atoms with van der Waals surface area (Å²) < 4.78 is 16.2. The number of hydrogen-bond donors (Lipinski definition) is 2. The molecule has 3 N–H and O–H groups in total. The SMILES string of the molecule is COc1ccc(OCc2cc(CC(N)C(=O)O)ccc2OC)cc1. The van der Waals surface area contributed by atoms with E-state index in [9.17, 15) is 4.79 Å². The molecule has 2 aromatic rings. The van der Waals surface area contributed by atoms with E-state index in [1.54, 1.807) is 26.4 Å². The molecule has 0 aliphatic heterocycles. The molecule has 1 atom stereocenters. The minimum atomic E-state index is -1.03. The van der Waals surface area contributed by atoms with Crippen molar-refractivity contribution in [1.29, 1.82) is 0 Å². The highest BCUT2D eigenvalue weighted by atomic mass is 16.5. The third-order valence-electron chi connectivity index (χ3n) is 3.57. The van der Waals surface area contributed by atoms with Gasteiger partial charge in [-0.2, -0.15) is 0 Å². The van der Waals surface area contributed by atoms with Gasteiger partial charge in [0.2, 0.25) is 0 Å². The number of carboxylic acids is 1. The topological polar surface area (TPSA) is 91.0 Å². The summed E-state index contributed by atoms with van der Waals surface area (Å²) in [5.74, 6) is 1.10. The number of rotatable bonds is 8. The second kappa shape index (κ2) is 8.21. The molecule has 0 spiro atoms. The van der Waals surface area contributed by atoms with Gasteiger partial charge in [0.05, 0.1) is 14.2 Å². The Hall–Kier alpha value is -2.73. The summed E-state index contributed by atoms with van der Waals surface area (Å²) in [6, 6.07) is 11.8. The molecule has 0 saturated carbocycles. The first-order valence-corrected chi connectivity index (χ1v) is 7.44. The van der Waals surface area contributed by atoms with Gasteiger partial charge in [-0.1, -0.05) is 6.07 Å². The van der Waals surface area contributed by atoms with Gasteiger partial charge in [-0.15, -0.1) is 0 Å². The molecule has 2 aromatic carbocycles. The third kappa shape index (κ3) is 4.63. The van der Waals surface area contributed by atoms with Crippen molar-refractivity contribution >= 4 is 5.97 Å². The molecule has 2 rings (SSSR count). The van der Waals surface area contributed by atoms with Gasteiger partial charge in [-0.3, -0.25) is 4.79 Å². The average Bonchev–Trinajstić information content (AvgIpc) is 2.60. The molecule has 1 unspecified atom stereocenters. The van der Waals surface area contributed by atoms with Crippen molar-refractivity contribution < 1.29 is 24.1 Å². The summed E-state index contributed by atoms with van der Waals surface area (Å²) in [7, 11) is 3.18. The maximum absolute atomic E-state index is 10.9. The number of methoxy groups -OCH3 is 2. The zero-order valence-electron chi connectivity index (χ0n) is 13.7. The number of nitrogens with two attached hydrogens (primary N) is 1. The highest BCUT2D eigenvalue weighted by Crippen LogP contribution is 2.24. The lowest BCUT2D eigenvalue weighted by atomic mass is 10.0. The molecule has 0 saturated heterocycles. The fourth-order valence-electron chi connectivity index (χ4n) is 2.25. The molecule has 0 bridgehead atoms. The Balaban J connectivity index is 2.10. The monoisotopic (exact) mass is 331 g/mol. The molecule has 0 amide bonds. The zero-order chi connectivity index (χ0) is 17.5. The van der Waals surface area contributed by atoms with Crippen LogP contribution in [0.5, 0.6) is 17.2 Å². The van der Waals surface area contributed by atoms with Gasteiger partial charge < -0.3 is 25.1 Å². The van der Waals surface area contributed by atoms with Crippen LogP contribution in [-0.4, -0.2) is 31.3 Å². The number of ether oxygens (including phenoxy) is 3. The fourth-order valence-corrected chi connectivity index (χ4v) is 2.25. The van der Waals surface area contributed by atoms with Crippen LogP contribution in [0.25, 0.3) is 0 Å². The summed E-state index contributed by atoms with van der Waals surface area (Å²) in [4.78, 5) is 10.9. The third-order valence-corrected chi connectivity index (χ3v) is 3.57. The molecule has 6 nitrogen and oxygen atoms in total. The molecule has 128 valence electrons. The van der Waals surface area contributed by atoms with Gasteiger partial charge in [0, 0.05) is 5.56 Å². The fraction of sp³-hybridized carbons (Fsp3) is 0.278. The van der Waals surface area contributed by atoms with E-state index < -0.39 is 12.0 Å². The number of hydrogen-bond acceptors (Lipinski definition) is 5. The number of aliphatic carboxylic acids is 1. The number of carboxylic acid groups (broad SMARTS) is 1. The highest BCUT2D eigenvalue weighted by molar-refractivity contribution is 5.73. The van der Waals surface area contributed by atoms with Crippen LogP contribution < -0.4 is 19.9 Å². The zero-order valence-corrected chi connectivity index (χ0v) is 13.7. The summed E-state index contributed by atoms with van der Waals surface area (Å²) in [6.45, 7) is 0.297.